The predicted octanol–water partition coefficient (Wildman–Crippen LogP) is 0.801. The van der Waals surface area contributed by atoms with Crippen molar-refractivity contribution in [1.29, 1.82) is 0 Å². The van der Waals surface area contributed by atoms with Gasteiger partial charge in [0.15, 0.2) is 15.0 Å². The molecule has 0 bridgehead atoms. The molecular formula is C16H20N4O3S2. The number of carbonyl (C=O) groups excluding carboxylic acids is 1. The number of sulfone groups is 1. The lowest BCUT2D eigenvalue weighted by Gasteiger charge is -2.10. The smallest absolute Gasteiger partial charge is 0.230 e. The molecular weight excluding hydrogens is 360 g/mol. The van der Waals surface area contributed by atoms with E-state index >= 15 is 0 Å². The topological polar surface area (TPSA) is 93.9 Å². The molecule has 2 aromatic rings. The Balaban J connectivity index is 1.52. The summed E-state index contributed by atoms with van der Waals surface area (Å²) in [6, 6.07) is 9.72. The normalized spacial score (nSPS) is 19.0. The summed E-state index contributed by atoms with van der Waals surface area (Å²) in [5.74, 6) is 1.02. The summed E-state index contributed by atoms with van der Waals surface area (Å²) >= 11 is 1.30. The molecule has 1 atom stereocenters. The van der Waals surface area contributed by atoms with E-state index in [1.807, 2.05) is 41.9 Å². The molecule has 0 spiro atoms. The summed E-state index contributed by atoms with van der Waals surface area (Å²) in [5, 5.41) is 11.8. The van der Waals surface area contributed by atoms with Crippen molar-refractivity contribution < 1.29 is 13.2 Å². The molecule has 1 saturated heterocycles. The van der Waals surface area contributed by atoms with Crippen molar-refractivity contribution in [2.45, 2.75) is 24.0 Å². The number of nitrogens with zero attached hydrogens (tertiary/aromatic N) is 3. The minimum atomic E-state index is -2.99. The Bertz CT molecular complexity index is 850. The van der Waals surface area contributed by atoms with E-state index in [0.717, 1.165) is 11.4 Å². The number of hydrogen-bond acceptors (Lipinski definition) is 6. The van der Waals surface area contributed by atoms with Crippen LogP contribution in [0.2, 0.25) is 0 Å². The summed E-state index contributed by atoms with van der Waals surface area (Å²) in [5.41, 5.74) is 1.15. The molecule has 1 aliphatic heterocycles. The fourth-order valence-electron chi connectivity index (χ4n) is 2.71. The number of carbonyl (C=O) groups is 1. The number of rotatable bonds is 6. The van der Waals surface area contributed by atoms with Crippen molar-refractivity contribution in [2.75, 3.05) is 17.3 Å². The minimum Gasteiger partial charge on any atom is -0.352 e. The first-order chi connectivity index (χ1) is 11.9. The number of benzene rings is 1. The second-order valence-corrected chi connectivity index (χ2v) is 9.25. The summed E-state index contributed by atoms with van der Waals surface area (Å²) in [6.45, 7) is 0. The van der Waals surface area contributed by atoms with Gasteiger partial charge in [-0.1, -0.05) is 42.1 Å². The Labute approximate surface area is 151 Å². The van der Waals surface area contributed by atoms with Crippen LogP contribution in [0.25, 0.3) is 0 Å². The third-order valence-electron chi connectivity index (χ3n) is 4.06. The molecule has 1 fully saturated rings. The van der Waals surface area contributed by atoms with E-state index in [1.54, 1.807) is 0 Å². The van der Waals surface area contributed by atoms with E-state index in [0.29, 0.717) is 18.0 Å². The number of hydrogen-bond donors (Lipinski definition) is 1. The van der Waals surface area contributed by atoms with Gasteiger partial charge in [0.2, 0.25) is 5.91 Å². The number of nitrogens with one attached hydrogen (secondary N) is 1. The highest BCUT2D eigenvalue weighted by atomic mass is 32.2. The van der Waals surface area contributed by atoms with Gasteiger partial charge < -0.3 is 9.88 Å². The molecule has 0 saturated carbocycles. The second-order valence-electron chi connectivity index (χ2n) is 6.08. The van der Waals surface area contributed by atoms with Gasteiger partial charge in [0, 0.05) is 19.5 Å². The zero-order chi connectivity index (χ0) is 17.9. The lowest BCUT2D eigenvalue weighted by molar-refractivity contribution is -0.119. The highest BCUT2D eigenvalue weighted by Gasteiger charge is 2.28. The molecule has 134 valence electrons. The Kier molecular flexibility index (Phi) is 5.43. The molecule has 1 unspecified atom stereocenters. The van der Waals surface area contributed by atoms with Crippen LogP contribution in [0.4, 0.5) is 0 Å². The lowest BCUT2D eigenvalue weighted by Crippen LogP contribution is -2.36. The van der Waals surface area contributed by atoms with Crippen molar-refractivity contribution in [3.8, 4) is 0 Å². The molecule has 0 radical (unpaired) electrons. The van der Waals surface area contributed by atoms with Crippen LogP contribution in [-0.4, -0.2) is 52.4 Å². The molecule has 1 aromatic carbocycles. The minimum absolute atomic E-state index is 0.0363. The van der Waals surface area contributed by atoms with Crippen molar-refractivity contribution in [1.82, 2.24) is 20.1 Å². The predicted molar refractivity (Wildman–Crippen MR) is 96.2 cm³/mol. The number of thioether (sulfide) groups is 1. The van der Waals surface area contributed by atoms with Crippen LogP contribution < -0.4 is 5.32 Å². The molecule has 25 heavy (non-hydrogen) atoms. The monoisotopic (exact) mass is 380 g/mol. The summed E-state index contributed by atoms with van der Waals surface area (Å²) in [7, 11) is -1.11. The summed E-state index contributed by atoms with van der Waals surface area (Å²) < 4.78 is 24.7. The van der Waals surface area contributed by atoms with Crippen molar-refractivity contribution in [3.63, 3.8) is 0 Å². The van der Waals surface area contributed by atoms with Gasteiger partial charge in [0.05, 0.1) is 17.3 Å². The quantitative estimate of drug-likeness (QED) is 0.745. The maximum absolute atomic E-state index is 12.0. The molecule has 7 nitrogen and oxygen atoms in total. The zero-order valence-electron chi connectivity index (χ0n) is 13.9. The highest BCUT2D eigenvalue weighted by Crippen LogP contribution is 2.18. The molecule has 0 aliphatic carbocycles. The average molecular weight is 380 g/mol. The van der Waals surface area contributed by atoms with Crippen molar-refractivity contribution in [2.24, 2.45) is 7.05 Å². The largest absolute Gasteiger partial charge is 0.352 e. The molecule has 9 heteroatoms. The van der Waals surface area contributed by atoms with Gasteiger partial charge >= 0.3 is 0 Å². The summed E-state index contributed by atoms with van der Waals surface area (Å²) in [4.78, 5) is 12.0. The van der Waals surface area contributed by atoms with Crippen molar-refractivity contribution >= 4 is 27.5 Å². The van der Waals surface area contributed by atoms with E-state index in [1.165, 1.54) is 11.8 Å². The SMILES string of the molecule is Cn1c(Cc2ccccc2)nnc1SCC(=O)NC1CCS(=O)(=O)C1. The van der Waals surface area contributed by atoms with Gasteiger partial charge in [-0.3, -0.25) is 4.79 Å². The van der Waals surface area contributed by atoms with E-state index in [4.69, 9.17) is 0 Å². The summed E-state index contributed by atoms with van der Waals surface area (Å²) in [6.07, 6.45) is 1.17. The first-order valence-corrected chi connectivity index (χ1v) is 10.8. The zero-order valence-corrected chi connectivity index (χ0v) is 15.5. The number of aromatic nitrogens is 3. The lowest BCUT2D eigenvalue weighted by atomic mass is 10.1. The Morgan fingerprint density at radius 1 is 1.32 bits per heavy atom. The fourth-order valence-corrected chi connectivity index (χ4v) is 5.13. The van der Waals surface area contributed by atoms with E-state index in [2.05, 4.69) is 15.5 Å². The molecule has 1 amide bonds. The van der Waals surface area contributed by atoms with Gasteiger partial charge in [0.1, 0.15) is 5.82 Å². The van der Waals surface area contributed by atoms with Crippen LogP contribution in [-0.2, 0) is 28.1 Å². The molecule has 3 rings (SSSR count). The standard InChI is InChI=1S/C16H20N4O3S2/c1-20-14(9-12-5-3-2-4-6-12)18-19-16(20)24-10-15(21)17-13-7-8-25(22,23)11-13/h2-6,13H,7-11H2,1H3,(H,17,21). The van der Waals surface area contributed by atoms with E-state index < -0.39 is 9.84 Å². The first kappa shape index (κ1) is 17.9. The van der Waals surface area contributed by atoms with Crippen LogP contribution in [0.3, 0.4) is 0 Å². The van der Waals surface area contributed by atoms with Crippen LogP contribution >= 0.6 is 11.8 Å². The van der Waals surface area contributed by atoms with Crippen molar-refractivity contribution in [3.05, 3.63) is 41.7 Å². The molecule has 2 heterocycles. The number of amides is 1. The second kappa shape index (κ2) is 7.57. The van der Waals surface area contributed by atoms with Crippen LogP contribution in [0.1, 0.15) is 17.8 Å². The Morgan fingerprint density at radius 2 is 2.08 bits per heavy atom. The maximum atomic E-state index is 12.0. The van der Waals surface area contributed by atoms with Crippen LogP contribution in [0.5, 0.6) is 0 Å². The van der Waals surface area contributed by atoms with Gasteiger partial charge in [-0.25, -0.2) is 8.42 Å². The molecule has 1 N–H and O–H groups in total. The van der Waals surface area contributed by atoms with Crippen LogP contribution in [0.15, 0.2) is 35.5 Å². The molecule has 1 aromatic heterocycles. The van der Waals surface area contributed by atoms with Gasteiger partial charge in [-0.2, -0.15) is 0 Å². The van der Waals surface area contributed by atoms with Gasteiger partial charge in [-0.15, -0.1) is 10.2 Å². The molecule has 1 aliphatic rings. The van der Waals surface area contributed by atoms with Gasteiger partial charge in [-0.05, 0) is 12.0 Å². The maximum Gasteiger partial charge on any atom is 0.230 e. The third-order valence-corrected chi connectivity index (χ3v) is 6.85. The van der Waals surface area contributed by atoms with E-state index in [-0.39, 0.29) is 29.2 Å². The Hall–Kier alpha value is -1.87. The van der Waals surface area contributed by atoms with E-state index in [9.17, 15) is 13.2 Å². The highest BCUT2D eigenvalue weighted by molar-refractivity contribution is 7.99. The van der Waals surface area contributed by atoms with Gasteiger partial charge in [0.25, 0.3) is 0 Å². The average Bonchev–Trinajstić information content (AvgIpc) is 3.09. The van der Waals surface area contributed by atoms with Crippen LogP contribution in [0, 0.1) is 0 Å². The Morgan fingerprint density at radius 3 is 2.76 bits per heavy atom. The third kappa shape index (κ3) is 4.82. The first-order valence-electron chi connectivity index (χ1n) is 7.98. The fraction of sp³-hybridized carbons (Fsp3) is 0.438.